The zero-order valence-electron chi connectivity index (χ0n) is 18.0. The molecule has 0 aliphatic carbocycles. The smallest absolute Gasteiger partial charge is 0.335 e. The normalized spacial score (nSPS) is 15.2. The van der Waals surface area contributed by atoms with Gasteiger partial charge in [0, 0.05) is 44.3 Å². The molecule has 1 saturated heterocycles. The Balaban J connectivity index is 1.57. The number of carbonyl (C=O) groups excluding carboxylic acids is 3. The molecule has 1 aromatic heterocycles. The molecule has 4 amide bonds. The number of hydrogen-bond donors (Lipinski definition) is 1. The maximum atomic E-state index is 13.3. The van der Waals surface area contributed by atoms with E-state index in [1.165, 1.54) is 18.2 Å². The van der Waals surface area contributed by atoms with Gasteiger partial charge in [-0.1, -0.05) is 59.1 Å². The van der Waals surface area contributed by atoms with Crippen LogP contribution in [0.4, 0.5) is 10.5 Å². The fraction of sp³-hybridized carbons (Fsp3) is 0.0385. The second-order valence-corrected chi connectivity index (χ2v) is 9.18. The second-order valence-electron chi connectivity index (χ2n) is 7.90. The number of urea groups is 1. The summed E-state index contributed by atoms with van der Waals surface area (Å²) in [7, 11) is 0. The third-order valence-corrected chi connectivity index (χ3v) is 6.50. The van der Waals surface area contributed by atoms with E-state index >= 15 is 0 Å². The molecule has 1 aliphatic heterocycles. The highest BCUT2D eigenvalue weighted by Gasteiger charge is 2.37. The molecule has 0 unspecified atom stereocenters. The Hall–Kier alpha value is -3.58. The van der Waals surface area contributed by atoms with Gasteiger partial charge in [-0.25, -0.2) is 9.69 Å². The Labute approximate surface area is 215 Å². The molecule has 6 nitrogen and oxygen atoms in total. The summed E-state index contributed by atoms with van der Waals surface area (Å²) in [5, 5.41) is 4.61. The molecule has 2 heterocycles. The van der Waals surface area contributed by atoms with Crippen LogP contribution >= 0.6 is 34.8 Å². The fourth-order valence-corrected chi connectivity index (χ4v) is 4.59. The summed E-state index contributed by atoms with van der Waals surface area (Å²) in [5.74, 6) is -1.48. The molecule has 1 N–H and O–H groups in total. The summed E-state index contributed by atoms with van der Waals surface area (Å²) in [5.41, 5.74) is 2.54. The summed E-state index contributed by atoms with van der Waals surface area (Å²) in [6.45, 7) is 0.454. The summed E-state index contributed by atoms with van der Waals surface area (Å²) in [6, 6.07) is 18.3. The minimum Gasteiger partial charge on any atom is -0.342 e. The van der Waals surface area contributed by atoms with Crippen LogP contribution in [0.2, 0.25) is 15.1 Å². The minimum absolute atomic E-state index is 0.160. The molecule has 174 valence electrons. The van der Waals surface area contributed by atoms with Crippen molar-refractivity contribution in [1.82, 2.24) is 9.88 Å². The first-order valence-electron chi connectivity index (χ1n) is 10.5. The number of nitrogens with zero attached hydrogens (tertiary/aromatic N) is 2. The topological polar surface area (TPSA) is 71.4 Å². The number of halogens is 3. The molecule has 0 spiro atoms. The molecule has 4 aromatic rings. The maximum absolute atomic E-state index is 13.3. The first kappa shape index (κ1) is 23.2. The van der Waals surface area contributed by atoms with E-state index in [2.05, 4.69) is 5.32 Å². The van der Waals surface area contributed by atoms with Gasteiger partial charge in [0.1, 0.15) is 5.57 Å². The van der Waals surface area contributed by atoms with E-state index in [4.69, 9.17) is 34.8 Å². The van der Waals surface area contributed by atoms with Gasteiger partial charge in [0.05, 0.1) is 5.69 Å². The van der Waals surface area contributed by atoms with E-state index in [1.54, 1.807) is 24.3 Å². The number of para-hydroxylation sites is 1. The number of aromatic nitrogens is 1. The van der Waals surface area contributed by atoms with Gasteiger partial charge in [0.25, 0.3) is 11.8 Å². The lowest BCUT2D eigenvalue weighted by Crippen LogP contribution is -2.54. The van der Waals surface area contributed by atoms with Crippen molar-refractivity contribution in [3.05, 3.63) is 105 Å². The summed E-state index contributed by atoms with van der Waals surface area (Å²) in [6.07, 6.45) is 3.33. The highest BCUT2D eigenvalue weighted by Crippen LogP contribution is 2.29. The predicted octanol–water partition coefficient (Wildman–Crippen LogP) is 6.32. The van der Waals surface area contributed by atoms with Crippen molar-refractivity contribution < 1.29 is 14.4 Å². The molecular formula is C26H16Cl3N3O3. The number of imide groups is 2. The van der Waals surface area contributed by atoms with Crippen LogP contribution < -0.4 is 10.2 Å². The van der Waals surface area contributed by atoms with Gasteiger partial charge in [0.15, 0.2) is 0 Å². The molecule has 5 rings (SSSR count). The zero-order valence-corrected chi connectivity index (χ0v) is 20.2. The largest absolute Gasteiger partial charge is 0.342 e. The Morgan fingerprint density at radius 3 is 2.31 bits per heavy atom. The van der Waals surface area contributed by atoms with Gasteiger partial charge >= 0.3 is 6.03 Å². The van der Waals surface area contributed by atoms with Crippen LogP contribution in [0.3, 0.4) is 0 Å². The zero-order chi connectivity index (χ0) is 24.7. The number of fused-ring (bicyclic) bond motifs is 1. The molecule has 1 aliphatic rings. The van der Waals surface area contributed by atoms with Crippen LogP contribution in [-0.2, 0) is 16.1 Å². The van der Waals surface area contributed by atoms with Crippen LogP contribution in [0.1, 0.15) is 11.1 Å². The number of barbiturate groups is 1. The van der Waals surface area contributed by atoms with Crippen LogP contribution in [0.15, 0.2) is 78.5 Å². The first-order valence-corrected chi connectivity index (χ1v) is 11.6. The van der Waals surface area contributed by atoms with Gasteiger partial charge in [-0.3, -0.25) is 14.9 Å². The summed E-state index contributed by atoms with van der Waals surface area (Å²) < 4.78 is 1.98. The predicted molar refractivity (Wildman–Crippen MR) is 138 cm³/mol. The van der Waals surface area contributed by atoms with Gasteiger partial charge < -0.3 is 4.57 Å². The van der Waals surface area contributed by atoms with E-state index in [9.17, 15) is 14.4 Å². The number of anilines is 1. The lowest BCUT2D eigenvalue weighted by atomic mass is 10.1. The van der Waals surface area contributed by atoms with Crippen LogP contribution in [0.5, 0.6) is 0 Å². The molecular weight excluding hydrogens is 509 g/mol. The maximum Gasteiger partial charge on any atom is 0.335 e. The Bertz CT molecular complexity index is 1540. The van der Waals surface area contributed by atoms with Crippen molar-refractivity contribution in [3.63, 3.8) is 0 Å². The average Bonchev–Trinajstić information content (AvgIpc) is 3.17. The lowest BCUT2D eigenvalue weighted by molar-refractivity contribution is -0.122. The minimum atomic E-state index is -0.820. The number of hydrogen-bond acceptors (Lipinski definition) is 3. The average molecular weight is 525 g/mol. The Morgan fingerprint density at radius 2 is 1.57 bits per heavy atom. The standard InChI is InChI=1S/C26H16Cl3N3O3/c27-17-7-9-19(10-8-17)32-25(34)21(24(33)30-26(32)35)11-16-14-31(23-4-2-1-3-20(16)23)13-15-5-6-18(28)12-22(15)29/h1-12,14H,13H2,(H,30,33,35)/b21-11-. The third-order valence-electron chi connectivity index (χ3n) is 5.66. The molecule has 0 atom stereocenters. The van der Waals surface area contributed by atoms with E-state index in [1.807, 2.05) is 41.1 Å². The van der Waals surface area contributed by atoms with Gasteiger partial charge in [-0.2, -0.15) is 0 Å². The van der Waals surface area contributed by atoms with Crippen molar-refractivity contribution in [2.75, 3.05) is 4.90 Å². The van der Waals surface area contributed by atoms with E-state index in [-0.39, 0.29) is 5.57 Å². The Kier molecular flexibility index (Phi) is 6.11. The molecule has 1 fully saturated rings. The van der Waals surface area contributed by atoms with E-state index in [0.717, 1.165) is 21.4 Å². The van der Waals surface area contributed by atoms with Crippen LogP contribution in [-0.4, -0.2) is 22.4 Å². The highest BCUT2D eigenvalue weighted by molar-refractivity contribution is 6.39. The second kappa shape index (κ2) is 9.23. The quantitative estimate of drug-likeness (QED) is 0.251. The summed E-state index contributed by atoms with van der Waals surface area (Å²) in [4.78, 5) is 39.3. The SMILES string of the molecule is O=C1NC(=O)N(c2ccc(Cl)cc2)C(=O)/C1=C\c1cn(Cc2ccc(Cl)cc2Cl)c2ccccc12. The first-order chi connectivity index (χ1) is 16.8. The van der Waals surface area contributed by atoms with Gasteiger partial charge in [-0.05, 0) is 54.1 Å². The summed E-state index contributed by atoms with van der Waals surface area (Å²) >= 11 is 18.3. The molecule has 9 heteroatoms. The number of nitrogens with one attached hydrogen (secondary N) is 1. The number of rotatable bonds is 4. The van der Waals surface area contributed by atoms with E-state index < -0.39 is 17.8 Å². The van der Waals surface area contributed by atoms with Gasteiger partial charge in [-0.15, -0.1) is 0 Å². The van der Waals surface area contributed by atoms with E-state index in [0.29, 0.717) is 32.9 Å². The number of amides is 4. The van der Waals surface area contributed by atoms with Crippen molar-refractivity contribution in [2.24, 2.45) is 0 Å². The van der Waals surface area contributed by atoms with Crippen molar-refractivity contribution in [3.8, 4) is 0 Å². The van der Waals surface area contributed by atoms with Crippen molar-refractivity contribution in [1.29, 1.82) is 0 Å². The monoisotopic (exact) mass is 523 g/mol. The molecule has 0 radical (unpaired) electrons. The van der Waals surface area contributed by atoms with Crippen LogP contribution in [0, 0.1) is 0 Å². The molecule has 3 aromatic carbocycles. The lowest BCUT2D eigenvalue weighted by Gasteiger charge is -2.26. The molecule has 35 heavy (non-hydrogen) atoms. The van der Waals surface area contributed by atoms with Crippen molar-refractivity contribution in [2.45, 2.75) is 6.54 Å². The number of carbonyl (C=O) groups is 3. The Morgan fingerprint density at radius 1 is 0.857 bits per heavy atom. The highest BCUT2D eigenvalue weighted by atomic mass is 35.5. The number of benzene rings is 3. The van der Waals surface area contributed by atoms with Gasteiger partial charge in [0.2, 0.25) is 0 Å². The third kappa shape index (κ3) is 4.44. The fourth-order valence-electron chi connectivity index (χ4n) is 3.99. The molecule has 0 saturated carbocycles. The molecule has 0 bridgehead atoms. The van der Waals surface area contributed by atoms with Crippen molar-refractivity contribution >= 4 is 75.3 Å². The van der Waals surface area contributed by atoms with Crippen LogP contribution in [0.25, 0.3) is 17.0 Å².